The van der Waals surface area contributed by atoms with E-state index >= 15 is 0 Å². The second kappa shape index (κ2) is 7.27. The van der Waals surface area contributed by atoms with Crippen LogP contribution in [0.5, 0.6) is 0 Å². The molecular formula is C16H22F2N4O2. The first-order valence-corrected chi connectivity index (χ1v) is 8.47. The monoisotopic (exact) mass is 340 g/mol. The first-order valence-electron chi connectivity index (χ1n) is 8.47. The summed E-state index contributed by atoms with van der Waals surface area (Å²) in [6.07, 6.45) is 8.90. The number of urea groups is 1. The van der Waals surface area contributed by atoms with E-state index in [9.17, 15) is 18.4 Å². The van der Waals surface area contributed by atoms with Crippen molar-refractivity contribution in [1.82, 2.24) is 19.8 Å². The van der Waals surface area contributed by atoms with Gasteiger partial charge in [0.2, 0.25) is 5.91 Å². The lowest BCUT2D eigenvalue weighted by atomic mass is 9.84. The number of aromatic nitrogens is 2. The van der Waals surface area contributed by atoms with E-state index in [1.54, 1.807) is 0 Å². The van der Waals surface area contributed by atoms with Crippen LogP contribution in [0.4, 0.5) is 13.6 Å². The highest BCUT2D eigenvalue weighted by Crippen LogP contribution is 2.31. The van der Waals surface area contributed by atoms with E-state index in [1.165, 1.54) is 19.0 Å². The summed E-state index contributed by atoms with van der Waals surface area (Å²) in [4.78, 5) is 29.8. The smallest absolute Gasteiger partial charge is 0.324 e. The van der Waals surface area contributed by atoms with E-state index in [-0.39, 0.29) is 30.1 Å². The van der Waals surface area contributed by atoms with Gasteiger partial charge in [0.05, 0.1) is 12.5 Å². The first kappa shape index (κ1) is 16.9. The summed E-state index contributed by atoms with van der Waals surface area (Å²) in [5, 5.41) is 2.73. The number of nitrogens with zero attached hydrogens (tertiary/aromatic N) is 3. The van der Waals surface area contributed by atoms with Gasteiger partial charge in [-0.05, 0) is 18.8 Å². The number of halogens is 2. The molecule has 0 bridgehead atoms. The lowest BCUT2D eigenvalue weighted by Crippen LogP contribution is -2.56. The van der Waals surface area contributed by atoms with Gasteiger partial charge >= 0.3 is 12.6 Å². The van der Waals surface area contributed by atoms with Crippen LogP contribution in [0.1, 0.15) is 50.9 Å². The summed E-state index contributed by atoms with van der Waals surface area (Å²) in [5.41, 5.74) is 0. The molecule has 8 heteroatoms. The van der Waals surface area contributed by atoms with Crippen LogP contribution in [0.15, 0.2) is 12.4 Å². The molecule has 1 aromatic heterocycles. The third-order valence-corrected chi connectivity index (χ3v) is 5.03. The fourth-order valence-corrected chi connectivity index (χ4v) is 3.70. The van der Waals surface area contributed by atoms with Crippen molar-refractivity contribution in [2.75, 3.05) is 6.54 Å². The number of alkyl halides is 2. The zero-order chi connectivity index (χ0) is 17.1. The van der Waals surface area contributed by atoms with Crippen molar-refractivity contribution in [3.05, 3.63) is 18.2 Å². The van der Waals surface area contributed by atoms with Crippen molar-refractivity contribution in [1.29, 1.82) is 0 Å². The van der Waals surface area contributed by atoms with E-state index in [1.807, 2.05) is 0 Å². The molecule has 1 saturated carbocycles. The highest BCUT2D eigenvalue weighted by Gasteiger charge is 2.39. The van der Waals surface area contributed by atoms with Gasteiger partial charge in [0, 0.05) is 18.9 Å². The van der Waals surface area contributed by atoms with Gasteiger partial charge in [-0.15, -0.1) is 0 Å². The maximum atomic E-state index is 12.9. The number of hydrogen-bond acceptors (Lipinski definition) is 3. The van der Waals surface area contributed by atoms with Gasteiger partial charge in [0.1, 0.15) is 5.82 Å². The van der Waals surface area contributed by atoms with Crippen LogP contribution in [-0.4, -0.2) is 32.9 Å². The molecule has 1 saturated heterocycles. The van der Waals surface area contributed by atoms with E-state index in [4.69, 9.17) is 0 Å². The maximum Gasteiger partial charge on any atom is 0.324 e. The van der Waals surface area contributed by atoms with Crippen LogP contribution in [-0.2, 0) is 11.3 Å². The van der Waals surface area contributed by atoms with Crippen LogP contribution >= 0.6 is 0 Å². The Labute approximate surface area is 139 Å². The molecule has 1 N–H and O–H groups in total. The normalized spacial score (nSPS) is 23.5. The van der Waals surface area contributed by atoms with Crippen LogP contribution in [0.25, 0.3) is 0 Å². The van der Waals surface area contributed by atoms with Gasteiger partial charge in [-0.25, -0.2) is 9.78 Å². The summed E-state index contributed by atoms with van der Waals surface area (Å²) in [5.74, 6) is -0.279. The van der Waals surface area contributed by atoms with Crippen molar-refractivity contribution in [2.45, 2.75) is 51.6 Å². The number of nitrogens with one attached hydrogen (secondary N) is 1. The highest BCUT2D eigenvalue weighted by atomic mass is 19.3. The molecule has 132 valence electrons. The maximum absolute atomic E-state index is 12.9. The zero-order valence-corrected chi connectivity index (χ0v) is 13.5. The lowest BCUT2D eigenvalue weighted by molar-refractivity contribution is -0.136. The van der Waals surface area contributed by atoms with Crippen molar-refractivity contribution < 1.29 is 18.4 Å². The number of carbonyl (C=O) groups is 2. The zero-order valence-electron chi connectivity index (χ0n) is 13.5. The van der Waals surface area contributed by atoms with Gasteiger partial charge in [0.15, 0.2) is 0 Å². The molecule has 24 heavy (non-hydrogen) atoms. The Kier molecular flexibility index (Phi) is 5.11. The Bertz CT molecular complexity index is 597. The minimum atomic E-state index is -2.75. The third-order valence-electron chi connectivity index (χ3n) is 5.03. The van der Waals surface area contributed by atoms with Gasteiger partial charge in [-0.2, -0.15) is 8.78 Å². The topological polar surface area (TPSA) is 67.2 Å². The molecule has 6 nitrogen and oxygen atoms in total. The molecule has 2 aliphatic rings. The summed E-state index contributed by atoms with van der Waals surface area (Å²) in [6.45, 7) is -2.64. The third kappa shape index (κ3) is 3.42. The molecule has 3 amide bonds. The number of hydrogen-bond donors (Lipinski definition) is 1. The minimum absolute atomic E-state index is 0.00927. The summed E-state index contributed by atoms with van der Waals surface area (Å²) in [6, 6.07) is -0.534. The molecule has 3 rings (SSSR count). The molecule has 0 aromatic carbocycles. The second-order valence-electron chi connectivity index (χ2n) is 6.50. The largest absolute Gasteiger partial charge is 0.337 e. The Balaban J connectivity index is 1.75. The highest BCUT2D eigenvalue weighted by molar-refractivity contribution is 5.98. The van der Waals surface area contributed by atoms with E-state index < -0.39 is 12.6 Å². The van der Waals surface area contributed by atoms with E-state index in [0.29, 0.717) is 11.1 Å². The molecule has 1 unspecified atom stereocenters. The molecule has 0 radical (unpaired) electrons. The Hall–Kier alpha value is -1.99. The number of carbonyl (C=O) groups excluding carboxylic acids is 2. The Morgan fingerprint density at radius 1 is 1.21 bits per heavy atom. The van der Waals surface area contributed by atoms with Crippen LogP contribution in [0.2, 0.25) is 0 Å². The second-order valence-corrected chi connectivity index (χ2v) is 6.50. The minimum Gasteiger partial charge on any atom is -0.337 e. The molecule has 1 aliphatic carbocycles. The number of rotatable bonds is 4. The number of imide groups is 1. The van der Waals surface area contributed by atoms with Gasteiger partial charge < -0.3 is 5.32 Å². The van der Waals surface area contributed by atoms with Crippen molar-refractivity contribution >= 4 is 11.9 Å². The average molecular weight is 340 g/mol. The fourth-order valence-electron chi connectivity index (χ4n) is 3.70. The van der Waals surface area contributed by atoms with Crippen LogP contribution < -0.4 is 5.32 Å². The predicted octanol–water partition coefficient (Wildman–Crippen LogP) is 2.92. The van der Waals surface area contributed by atoms with Crippen molar-refractivity contribution in [2.24, 2.45) is 11.8 Å². The SMILES string of the molecule is O=C1NCC(C2CCCCCC2)C(=O)N1Cc1nccn1C(F)F. The molecule has 2 fully saturated rings. The predicted molar refractivity (Wildman–Crippen MR) is 82.1 cm³/mol. The van der Waals surface area contributed by atoms with Gasteiger partial charge in [-0.1, -0.05) is 25.7 Å². The van der Waals surface area contributed by atoms with Gasteiger partial charge in [0.25, 0.3) is 0 Å². The quantitative estimate of drug-likeness (QED) is 0.857. The molecule has 2 heterocycles. The van der Waals surface area contributed by atoms with Crippen LogP contribution in [0.3, 0.4) is 0 Å². The summed E-state index contributed by atoms with van der Waals surface area (Å²) >= 11 is 0. The standard InChI is InChI=1S/C16H22F2N4O2/c17-15(18)21-8-7-19-13(21)10-22-14(23)12(9-20-16(22)24)11-5-3-1-2-4-6-11/h7-8,11-12,15H,1-6,9-10H2,(H,20,24). The van der Waals surface area contributed by atoms with Crippen molar-refractivity contribution in [3.63, 3.8) is 0 Å². The number of amides is 3. The number of imidazole rings is 1. The summed E-state index contributed by atoms with van der Waals surface area (Å²) < 4.78 is 26.6. The fraction of sp³-hybridized carbons (Fsp3) is 0.688. The van der Waals surface area contributed by atoms with Crippen molar-refractivity contribution in [3.8, 4) is 0 Å². The van der Waals surface area contributed by atoms with Crippen LogP contribution in [0, 0.1) is 11.8 Å². The molecule has 1 atom stereocenters. The van der Waals surface area contributed by atoms with E-state index in [0.717, 1.165) is 36.8 Å². The van der Waals surface area contributed by atoms with Gasteiger partial charge in [-0.3, -0.25) is 14.3 Å². The summed E-state index contributed by atoms with van der Waals surface area (Å²) in [7, 11) is 0. The van der Waals surface area contributed by atoms with E-state index in [2.05, 4.69) is 10.3 Å². The lowest BCUT2D eigenvalue weighted by Gasteiger charge is -2.35. The Morgan fingerprint density at radius 3 is 2.58 bits per heavy atom. The molecular weight excluding hydrogens is 318 g/mol. The average Bonchev–Trinajstić information content (AvgIpc) is 2.85. The molecule has 1 aliphatic heterocycles. The first-order chi connectivity index (χ1) is 11.6. The Morgan fingerprint density at radius 2 is 1.92 bits per heavy atom. The molecule has 0 spiro atoms. The molecule has 1 aromatic rings.